The van der Waals surface area contributed by atoms with Crippen molar-refractivity contribution in [3.63, 3.8) is 0 Å². The molecule has 0 saturated carbocycles. The zero-order chi connectivity index (χ0) is 16.6. The van der Waals surface area contributed by atoms with Gasteiger partial charge in [-0.15, -0.1) is 0 Å². The quantitative estimate of drug-likeness (QED) is 0.735. The number of rotatable bonds is 3. The minimum Gasteiger partial charge on any atom is -0.464 e. The molecular weight excluding hydrogens is 318 g/mol. The number of fused-ring (bicyclic) bond motifs is 1. The zero-order valence-corrected chi connectivity index (χ0v) is 13.2. The van der Waals surface area contributed by atoms with E-state index in [2.05, 4.69) is 19.7 Å². The second kappa shape index (κ2) is 5.47. The predicted octanol–water partition coefficient (Wildman–Crippen LogP) is 1.89. The van der Waals surface area contributed by atoms with Gasteiger partial charge in [0.15, 0.2) is 16.4 Å². The molecule has 0 unspecified atom stereocenters. The largest absolute Gasteiger partial charge is 0.464 e. The van der Waals surface area contributed by atoms with E-state index in [0.29, 0.717) is 5.52 Å². The van der Waals surface area contributed by atoms with E-state index in [4.69, 9.17) is 0 Å². The molecule has 0 spiro atoms. The van der Waals surface area contributed by atoms with Crippen molar-refractivity contribution in [3.05, 3.63) is 47.8 Å². The monoisotopic (exact) mass is 331 g/mol. The molecule has 2 heterocycles. The Hall–Kier alpha value is -2.74. The Morgan fingerprint density at radius 3 is 2.70 bits per heavy atom. The van der Waals surface area contributed by atoms with Crippen LogP contribution in [0.1, 0.15) is 16.1 Å². The first-order chi connectivity index (χ1) is 10.9. The summed E-state index contributed by atoms with van der Waals surface area (Å²) in [6.45, 7) is 1.78. The van der Waals surface area contributed by atoms with Crippen LogP contribution in [0.3, 0.4) is 0 Å². The maximum atomic E-state index is 12.9. The fraction of sp³-hybridized carbons (Fsp3) is 0.133. The molecule has 0 bridgehead atoms. The first-order valence-corrected chi connectivity index (χ1v) is 8.17. The number of ether oxygens (including phenoxy) is 1. The molecule has 118 valence electrons. The Bertz CT molecular complexity index is 1010. The van der Waals surface area contributed by atoms with E-state index >= 15 is 0 Å². The van der Waals surface area contributed by atoms with Crippen LogP contribution in [0.15, 0.2) is 46.5 Å². The summed E-state index contributed by atoms with van der Waals surface area (Å²) in [5, 5.41) is -0.426. The van der Waals surface area contributed by atoms with Gasteiger partial charge in [0.25, 0.3) is 0 Å². The van der Waals surface area contributed by atoms with E-state index in [1.165, 1.54) is 12.1 Å². The van der Waals surface area contributed by atoms with Gasteiger partial charge in [-0.1, -0.05) is 12.1 Å². The number of carbonyl (C=O) groups is 1. The van der Waals surface area contributed by atoms with E-state index < -0.39 is 20.8 Å². The number of nitrogens with one attached hydrogen (secondary N) is 1. The molecule has 1 aromatic carbocycles. The lowest BCUT2D eigenvalue weighted by Crippen LogP contribution is -2.15. The standard InChI is InChI=1S/C15H13N3O4S/c1-9-4-3-5-10(8-9)23(20,21)14-12(15(19)22-2)17-11-6-7-16-13(11)18-14/h3-8H,1-2H3,(H,16,18). The molecule has 3 aromatic rings. The van der Waals surface area contributed by atoms with Gasteiger partial charge in [-0.25, -0.2) is 23.2 Å². The number of esters is 1. The summed E-state index contributed by atoms with van der Waals surface area (Å²) in [7, 11) is -2.85. The number of nitrogens with zero attached hydrogens (tertiary/aromatic N) is 2. The number of aromatic nitrogens is 3. The molecule has 0 aliphatic rings. The van der Waals surface area contributed by atoms with E-state index in [-0.39, 0.29) is 16.2 Å². The van der Waals surface area contributed by atoms with Crippen LogP contribution in [-0.2, 0) is 14.6 Å². The van der Waals surface area contributed by atoms with Crippen LogP contribution in [-0.4, -0.2) is 36.4 Å². The molecule has 8 heteroatoms. The Morgan fingerprint density at radius 1 is 1.22 bits per heavy atom. The lowest BCUT2D eigenvalue weighted by Gasteiger charge is -2.08. The number of aryl methyl sites for hydroxylation is 1. The number of benzene rings is 1. The van der Waals surface area contributed by atoms with Gasteiger partial charge in [0.1, 0.15) is 5.52 Å². The summed E-state index contributed by atoms with van der Waals surface area (Å²) < 4.78 is 30.4. The van der Waals surface area contributed by atoms with E-state index in [1.54, 1.807) is 31.3 Å². The smallest absolute Gasteiger partial charge is 0.359 e. The summed E-state index contributed by atoms with van der Waals surface area (Å²) in [6, 6.07) is 7.96. The van der Waals surface area contributed by atoms with Crippen molar-refractivity contribution < 1.29 is 17.9 Å². The summed E-state index contributed by atoms with van der Waals surface area (Å²) >= 11 is 0. The van der Waals surface area contributed by atoms with Crippen molar-refractivity contribution >= 4 is 27.0 Å². The van der Waals surface area contributed by atoms with Crippen molar-refractivity contribution in [1.82, 2.24) is 15.0 Å². The first kappa shape index (κ1) is 15.2. The molecule has 0 amide bonds. The lowest BCUT2D eigenvalue weighted by molar-refractivity contribution is 0.0588. The molecule has 0 aliphatic heterocycles. The normalized spacial score (nSPS) is 11.6. The van der Waals surface area contributed by atoms with Gasteiger partial charge in [-0.05, 0) is 30.7 Å². The van der Waals surface area contributed by atoms with Crippen molar-refractivity contribution in [2.24, 2.45) is 0 Å². The van der Waals surface area contributed by atoms with Crippen LogP contribution in [0.4, 0.5) is 0 Å². The van der Waals surface area contributed by atoms with Gasteiger partial charge in [0, 0.05) is 6.20 Å². The lowest BCUT2D eigenvalue weighted by atomic mass is 10.2. The Labute approximate surface area is 132 Å². The number of hydrogen-bond donors (Lipinski definition) is 1. The number of sulfone groups is 1. The van der Waals surface area contributed by atoms with Gasteiger partial charge in [-0.3, -0.25) is 0 Å². The van der Waals surface area contributed by atoms with Crippen molar-refractivity contribution in [1.29, 1.82) is 0 Å². The molecule has 0 radical (unpaired) electrons. The zero-order valence-electron chi connectivity index (χ0n) is 12.4. The van der Waals surface area contributed by atoms with Gasteiger partial charge < -0.3 is 9.72 Å². The van der Waals surface area contributed by atoms with Crippen LogP contribution >= 0.6 is 0 Å². The Balaban J connectivity index is 2.30. The summed E-state index contributed by atoms with van der Waals surface area (Å²) in [5.41, 5.74) is 1.11. The topological polar surface area (TPSA) is 102 Å². The molecule has 7 nitrogen and oxygen atoms in total. The third kappa shape index (κ3) is 2.57. The predicted molar refractivity (Wildman–Crippen MR) is 81.9 cm³/mol. The highest BCUT2D eigenvalue weighted by atomic mass is 32.2. The van der Waals surface area contributed by atoms with Crippen molar-refractivity contribution in [2.75, 3.05) is 7.11 Å². The Kier molecular flexibility index (Phi) is 3.61. The highest BCUT2D eigenvalue weighted by molar-refractivity contribution is 7.91. The van der Waals surface area contributed by atoms with Gasteiger partial charge in [-0.2, -0.15) is 0 Å². The molecule has 0 fully saturated rings. The molecule has 0 aliphatic carbocycles. The minimum absolute atomic E-state index is 0.0443. The first-order valence-electron chi connectivity index (χ1n) is 6.68. The third-order valence-corrected chi connectivity index (χ3v) is 4.95. The number of hydrogen-bond acceptors (Lipinski definition) is 6. The highest BCUT2D eigenvalue weighted by Crippen LogP contribution is 2.24. The van der Waals surface area contributed by atoms with Crippen LogP contribution in [0, 0.1) is 6.92 Å². The minimum atomic E-state index is -4.01. The summed E-state index contributed by atoms with van der Waals surface area (Å²) in [5.74, 6) is -0.855. The average molecular weight is 331 g/mol. The summed E-state index contributed by atoms with van der Waals surface area (Å²) in [6.07, 6.45) is 1.56. The van der Waals surface area contributed by atoms with Gasteiger partial charge in [0.05, 0.1) is 12.0 Å². The SMILES string of the molecule is COC(=O)c1nc2cc[nH]c2nc1S(=O)(=O)c1cccc(C)c1. The van der Waals surface area contributed by atoms with Gasteiger partial charge >= 0.3 is 5.97 Å². The molecular formula is C15H13N3O4S. The average Bonchev–Trinajstić information content (AvgIpc) is 3.00. The second-order valence-electron chi connectivity index (χ2n) is 4.90. The van der Waals surface area contributed by atoms with Crippen molar-refractivity contribution in [2.45, 2.75) is 16.8 Å². The van der Waals surface area contributed by atoms with E-state index in [0.717, 1.165) is 12.7 Å². The molecule has 1 N–H and O–H groups in total. The van der Waals surface area contributed by atoms with Gasteiger partial charge in [0.2, 0.25) is 9.84 Å². The fourth-order valence-electron chi connectivity index (χ4n) is 2.17. The van der Waals surface area contributed by atoms with Crippen LogP contribution in [0.5, 0.6) is 0 Å². The third-order valence-electron chi connectivity index (χ3n) is 3.29. The molecule has 0 saturated heterocycles. The summed E-state index contributed by atoms with van der Waals surface area (Å²) in [4.78, 5) is 22.9. The number of H-pyrrole nitrogens is 1. The molecule has 0 atom stereocenters. The maximum Gasteiger partial charge on any atom is 0.359 e. The maximum absolute atomic E-state index is 12.9. The fourth-order valence-corrected chi connectivity index (χ4v) is 3.58. The van der Waals surface area contributed by atoms with Crippen LogP contribution in [0.25, 0.3) is 11.2 Å². The Morgan fingerprint density at radius 2 is 2.00 bits per heavy atom. The molecule has 2 aromatic heterocycles. The van der Waals surface area contributed by atoms with E-state index in [9.17, 15) is 13.2 Å². The highest BCUT2D eigenvalue weighted by Gasteiger charge is 2.29. The molecule has 3 rings (SSSR count). The van der Waals surface area contributed by atoms with Crippen LogP contribution < -0.4 is 0 Å². The van der Waals surface area contributed by atoms with Crippen molar-refractivity contribution in [3.8, 4) is 0 Å². The van der Waals surface area contributed by atoms with E-state index in [1.807, 2.05) is 0 Å². The van der Waals surface area contributed by atoms with Crippen LogP contribution in [0.2, 0.25) is 0 Å². The number of carbonyl (C=O) groups excluding carboxylic acids is 1. The second-order valence-corrected chi connectivity index (χ2v) is 6.77. The number of methoxy groups -OCH3 is 1. The number of aromatic amines is 1. The molecule has 23 heavy (non-hydrogen) atoms.